The molecule has 0 fully saturated rings. The molecule has 0 bridgehead atoms. The summed E-state index contributed by atoms with van der Waals surface area (Å²) in [5.41, 5.74) is 2.69. The first-order valence-electron chi connectivity index (χ1n) is 8.59. The Morgan fingerprint density at radius 2 is 1.57 bits per heavy atom. The van der Waals surface area contributed by atoms with Gasteiger partial charge in [-0.3, -0.25) is 4.79 Å². The number of carbonyl (C=O) groups is 2. The molecule has 1 amide bonds. The number of hydrogen-bond donors (Lipinski definition) is 1. The molecule has 0 radical (unpaired) electrons. The molecule has 0 unspecified atom stereocenters. The molecule has 1 aromatic heterocycles. The Bertz CT molecular complexity index is 1190. The minimum absolute atomic E-state index is 0.329. The highest BCUT2D eigenvalue weighted by atomic mass is 16.5. The number of ether oxygens (including phenoxy) is 2. The Hall–Kier alpha value is -3.80. The van der Waals surface area contributed by atoms with Crippen molar-refractivity contribution in [3.05, 3.63) is 71.8 Å². The highest BCUT2D eigenvalue weighted by Crippen LogP contribution is 2.36. The van der Waals surface area contributed by atoms with Gasteiger partial charge in [0.2, 0.25) is 0 Å². The second-order valence-electron chi connectivity index (χ2n) is 6.17. The lowest BCUT2D eigenvalue weighted by molar-refractivity contribution is 0.0600. The Labute approximate surface area is 160 Å². The second-order valence-corrected chi connectivity index (χ2v) is 6.17. The number of furan rings is 1. The number of esters is 1. The summed E-state index contributed by atoms with van der Waals surface area (Å²) < 4.78 is 16.0. The quantitative estimate of drug-likeness (QED) is 0.526. The van der Waals surface area contributed by atoms with Gasteiger partial charge < -0.3 is 19.2 Å². The average Bonchev–Trinajstić information content (AvgIpc) is 3.10. The molecule has 0 aliphatic rings. The smallest absolute Gasteiger partial charge is 0.337 e. The molecule has 140 valence electrons. The van der Waals surface area contributed by atoms with Crippen LogP contribution in [0.25, 0.3) is 21.9 Å². The lowest BCUT2D eigenvalue weighted by Gasteiger charge is -2.10. The van der Waals surface area contributed by atoms with Crippen LogP contribution in [-0.4, -0.2) is 26.1 Å². The molecule has 0 saturated carbocycles. The Morgan fingerprint density at radius 3 is 2.29 bits per heavy atom. The van der Waals surface area contributed by atoms with E-state index in [-0.39, 0.29) is 5.91 Å². The van der Waals surface area contributed by atoms with Crippen LogP contribution in [0, 0.1) is 0 Å². The van der Waals surface area contributed by atoms with Crippen LogP contribution in [0.5, 0.6) is 5.75 Å². The predicted molar refractivity (Wildman–Crippen MR) is 106 cm³/mol. The Kier molecular flexibility index (Phi) is 4.45. The zero-order chi connectivity index (χ0) is 19.7. The first-order chi connectivity index (χ1) is 13.6. The number of rotatable bonds is 4. The van der Waals surface area contributed by atoms with E-state index in [4.69, 9.17) is 9.15 Å². The Balaban J connectivity index is 1.67. The van der Waals surface area contributed by atoms with E-state index in [1.54, 1.807) is 37.4 Å². The van der Waals surface area contributed by atoms with Crippen LogP contribution >= 0.6 is 0 Å². The molecule has 4 aromatic rings. The summed E-state index contributed by atoms with van der Waals surface area (Å²) in [6.45, 7) is 0. The number of para-hydroxylation sites is 1. The van der Waals surface area contributed by atoms with Crippen molar-refractivity contribution in [1.82, 2.24) is 0 Å². The summed E-state index contributed by atoms with van der Waals surface area (Å²) in [6.07, 6.45) is 0. The molecule has 0 aliphatic carbocycles. The molecular formula is C22H17NO5. The fourth-order valence-corrected chi connectivity index (χ4v) is 3.09. The van der Waals surface area contributed by atoms with Crippen LogP contribution < -0.4 is 10.1 Å². The number of amides is 1. The van der Waals surface area contributed by atoms with Crippen LogP contribution in [0.3, 0.4) is 0 Å². The van der Waals surface area contributed by atoms with E-state index in [9.17, 15) is 9.59 Å². The van der Waals surface area contributed by atoms with Crippen LogP contribution in [-0.2, 0) is 4.74 Å². The van der Waals surface area contributed by atoms with Gasteiger partial charge >= 0.3 is 5.97 Å². The van der Waals surface area contributed by atoms with Gasteiger partial charge in [0.05, 0.1) is 25.5 Å². The molecule has 1 heterocycles. The van der Waals surface area contributed by atoms with Gasteiger partial charge in [-0.05, 0) is 36.4 Å². The summed E-state index contributed by atoms with van der Waals surface area (Å²) in [4.78, 5) is 24.1. The fraction of sp³-hybridized carbons (Fsp3) is 0.0909. The van der Waals surface area contributed by atoms with Gasteiger partial charge in [-0.2, -0.15) is 0 Å². The van der Waals surface area contributed by atoms with E-state index in [0.29, 0.717) is 28.1 Å². The molecule has 0 atom stereocenters. The predicted octanol–water partition coefficient (Wildman–Crippen LogP) is 4.63. The maximum absolute atomic E-state index is 12.6. The molecule has 4 rings (SSSR count). The average molecular weight is 375 g/mol. The van der Waals surface area contributed by atoms with Crippen molar-refractivity contribution in [3.63, 3.8) is 0 Å². The standard InChI is InChI=1S/C22H17NO5/c1-26-20-11-16-15-5-3-4-6-18(15)28-19(16)12-17(20)23-21(24)13-7-9-14(10-8-13)22(25)27-2/h3-12H,1-2H3,(H,23,24). The highest BCUT2D eigenvalue weighted by molar-refractivity contribution is 6.10. The number of carbonyl (C=O) groups excluding carboxylic acids is 2. The zero-order valence-electron chi connectivity index (χ0n) is 15.3. The molecule has 0 saturated heterocycles. The van der Waals surface area contributed by atoms with E-state index in [0.717, 1.165) is 16.4 Å². The SMILES string of the molecule is COC(=O)c1ccc(C(=O)Nc2cc3oc4ccccc4c3cc2OC)cc1. The minimum Gasteiger partial charge on any atom is -0.495 e. The lowest BCUT2D eigenvalue weighted by atomic mass is 10.1. The number of methoxy groups -OCH3 is 2. The summed E-state index contributed by atoms with van der Waals surface area (Å²) >= 11 is 0. The first-order valence-corrected chi connectivity index (χ1v) is 8.59. The summed E-state index contributed by atoms with van der Waals surface area (Å²) in [7, 11) is 2.85. The molecule has 6 heteroatoms. The van der Waals surface area contributed by atoms with Gasteiger partial charge in [0.25, 0.3) is 5.91 Å². The highest BCUT2D eigenvalue weighted by Gasteiger charge is 2.15. The van der Waals surface area contributed by atoms with Gasteiger partial charge in [-0.25, -0.2) is 4.79 Å². The van der Waals surface area contributed by atoms with Crippen LogP contribution in [0.4, 0.5) is 5.69 Å². The maximum atomic E-state index is 12.6. The molecule has 3 aromatic carbocycles. The van der Waals surface area contributed by atoms with Gasteiger partial charge in [0, 0.05) is 22.4 Å². The van der Waals surface area contributed by atoms with E-state index < -0.39 is 5.97 Å². The van der Waals surface area contributed by atoms with Crippen LogP contribution in [0.1, 0.15) is 20.7 Å². The van der Waals surface area contributed by atoms with E-state index in [1.165, 1.54) is 7.11 Å². The number of anilines is 1. The van der Waals surface area contributed by atoms with Gasteiger partial charge in [-0.15, -0.1) is 0 Å². The third kappa shape index (κ3) is 3.05. The van der Waals surface area contributed by atoms with Gasteiger partial charge in [0.1, 0.15) is 16.9 Å². The zero-order valence-corrected chi connectivity index (χ0v) is 15.3. The van der Waals surface area contributed by atoms with Crippen molar-refractivity contribution in [1.29, 1.82) is 0 Å². The third-order valence-electron chi connectivity index (χ3n) is 4.52. The van der Waals surface area contributed by atoms with Crippen molar-refractivity contribution in [2.75, 3.05) is 19.5 Å². The minimum atomic E-state index is -0.455. The monoisotopic (exact) mass is 375 g/mol. The van der Waals surface area contributed by atoms with Gasteiger partial charge in [-0.1, -0.05) is 18.2 Å². The normalized spacial score (nSPS) is 10.8. The molecule has 28 heavy (non-hydrogen) atoms. The van der Waals surface area contributed by atoms with E-state index >= 15 is 0 Å². The fourth-order valence-electron chi connectivity index (χ4n) is 3.09. The molecule has 0 aliphatic heterocycles. The largest absolute Gasteiger partial charge is 0.495 e. The summed E-state index contributed by atoms with van der Waals surface area (Å²) in [5.74, 6) is -0.257. The molecule has 6 nitrogen and oxygen atoms in total. The lowest BCUT2D eigenvalue weighted by Crippen LogP contribution is -2.13. The maximum Gasteiger partial charge on any atom is 0.337 e. The summed E-state index contributed by atoms with van der Waals surface area (Å²) in [5, 5.41) is 4.73. The molecule has 0 spiro atoms. The number of fused-ring (bicyclic) bond motifs is 3. The van der Waals surface area contributed by atoms with E-state index in [2.05, 4.69) is 10.1 Å². The summed E-state index contributed by atoms with van der Waals surface area (Å²) in [6, 6.07) is 17.5. The molecular weight excluding hydrogens is 358 g/mol. The first kappa shape index (κ1) is 17.6. The third-order valence-corrected chi connectivity index (χ3v) is 4.52. The van der Waals surface area contributed by atoms with Crippen molar-refractivity contribution in [2.24, 2.45) is 0 Å². The molecule has 1 N–H and O–H groups in total. The van der Waals surface area contributed by atoms with Crippen LogP contribution in [0.15, 0.2) is 65.1 Å². The van der Waals surface area contributed by atoms with Crippen molar-refractivity contribution in [3.8, 4) is 5.75 Å². The number of benzene rings is 3. The second kappa shape index (κ2) is 7.08. The van der Waals surface area contributed by atoms with Crippen molar-refractivity contribution in [2.45, 2.75) is 0 Å². The van der Waals surface area contributed by atoms with Crippen molar-refractivity contribution < 1.29 is 23.5 Å². The Morgan fingerprint density at radius 1 is 0.857 bits per heavy atom. The van der Waals surface area contributed by atoms with Crippen LogP contribution in [0.2, 0.25) is 0 Å². The topological polar surface area (TPSA) is 77.8 Å². The number of hydrogen-bond acceptors (Lipinski definition) is 5. The van der Waals surface area contributed by atoms with Crippen molar-refractivity contribution >= 4 is 39.5 Å². The number of nitrogens with one attached hydrogen (secondary N) is 1. The van der Waals surface area contributed by atoms with Gasteiger partial charge in [0.15, 0.2) is 0 Å². The van der Waals surface area contributed by atoms with E-state index in [1.807, 2.05) is 30.3 Å².